The first kappa shape index (κ1) is 24.0. The van der Waals surface area contributed by atoms with Gasteiger partial charge in [-0.25, -0.2) is 4.39 Å². The number of hydrogen-bond acceptors (Lipinski definition) is 2. The Hall–Kier alpha value is -1.03. The molecular formula is C18H25Cl2FIN5. The highest BCUT2D eigenvalue weighted by atomic mass is 127. The second-order valence-electron chi connectivity index (χ2n) is 6.17. The molecule has 0 saturated carbocycles. The molecule has 0 aliphatic heterocycles. The summed E-state index contributed by atoms with van der Waals surface area (Å²) in [5.41, 5.74) is 1.98. The first-order valence-corrected chi connectivity index (χ1v) is 8.95. The predicted molar refractivity (Wildman–Crippen MR) is 122 cm³/mol. The normalized spacial score (nSPS) is 12.7. The summed E-state index contributed by atoms with van der Waals surface area (Å²) in [6, 6.07) is 8.44. The van der Waals surface area contributed by atoms with E-state index >= 15 is 0 Å². The van der Waals surface area contributed by atoms with Gasteiger partial charge in [0.1, 0.15) is 11.0 Å². The second kappa shape index (κ2) is 11.1. The molecule has 5 nitrogen and oxygen atoms in total. The minimum absolute atomic E-state index is 0. The lowest BCUT2D eigenvalue weighted by molar-refractivity contribution is 0.298. The van der Waals surface area contributed by atoms with Crippen LogP contribution in [0.1, 0.15) is 17.3 Å². The van der Waals surface area contributed by atoms with Crippen molar-refractivity contribution in [1.29, 1.82) is 0 Å². The van der Waals surface area contributed by atoms with E-state index in [2.05, 4.69) is 20.5 Å². The fraction of sp³-hybridized carbons (Fsp3) is 0.389. The minimum atomic E-state index is -0.239. The van der Waals surface area contributed by atoms with Crippen molar-refractivity contribution in [3.8, 4) is 0 Å². The Kier molecular flexibility index (Phi) is 9.86. The molecule has 1 aromatic carbocycles. The first-order chi connectivity index (χ1) is 12.3. The molecular weight excluding hydrogens is 503 g/mol. The summed E-state index contributed by atoms with van der Waals surface area (Å²) in [5.74, 6) is 0.420. The zero-order chi connectivity index (χ0) is 19.3. The van der Waals surface area contributed by atoms with Crippen LogP contribution < -0.4 is 10.6 Å². The molecule has 0 spiro atoms. The van der Waals surface area contributed by atoms with Crippen LogP contribution in [0.5, 0.6) is 0 Å². The molecule has 2 aromatic rings. The Morgan fingerprint density at radius 1 is 1.22 bits per heavy atom. The van der Waals surface area contributed by atoms with Gasteiger partial charge in [0.15, 0.2) is 5.96 Å². The van der Waals surface area contributed by atoms with Gasteiger partial charge in [-0.05, 0) is 37.9 Å². The van der Waals surface area contributed by atoms with E-state index in [4.69, 9.17) is 23.2 Å². The van der Waals surface area contributed by atoms with Gasteiger partial charge in [-0.15, -0.1) is 24.0 Å². The Morgan fingerprint density at radius 2 is 1.85 bits per heavy atom. The topological polar surface area (TPSA) is 44.6 Å². The summed E-state index contributed by atoms with van der Waals surface area (Å²) < 4.78 is 15.0. The van der Waals surface area contributed by atoms with Gasteiger partial charge < -0.3 is 20.1 Å². The highest BCUT2D eigenvalue weighted by Gasteiger charge is 2.15. The predicted octanol–water partition coefficient (Wildman–Crippen LogP) is 4.06. The van der Waals surface area contributed by atoms with Gasteiger partial charge in [0.2, 0.25) is 0 Å². The molecule has 9 heteroatoms. The number of hydrogen-bond donors (Lipinski definition) is 2. The van der Waals surface area contributed by atoms with Crippen LogP contribution in [0.4, 0.5) is 4.39 Å². The van der Waals surface area contributed by atoms with Crippen LogP contribution in [0.15, 0.2) is 35.3 Å². The number of halogens is 4. The molecule has 1 heterocycles. The maximum Gasteiger partial charge on any atom is 0.191 e. The number of nitrogens with zero attached hydrogens (tertiary/aromatic N) is 3. The van der Waals surface area contributed by atoms with Crippen molar-refractivity contribution in [3.63, 3.8) is 0 Å². The minimum Gasteiger partial charge on any atom is -0.354 e. The monoisotopic (exact) mass is 527 g/mol. The summed E-state index contributed by atoms with van der Waals surface area (Å²) in [7, 11) is 7.54. The fourth-order valence-corrected chi connectivity index (χ4v) is 3.05. The van der Waals surface area contributed by atoms with Crippen molar-refractivity contribution in [3.05, 3.63) is 57.6 Å². The maximum absolute atomic E-state index is 13.2. The van der Waals surface area contributed by atoms with Crippen LogP contribution in [0, 0.1) is 5.82 Å². The summed E-state index contributed by atoms with van der Waals surface area (Å²) in [5, 5.41) is 7.58. The van der Waals surface area contributed by atoms with Crippen molar-refractivity contribution in [2.75, 3.05) is 27.7 Å². The third-order valence-electron chi connectivity index (χ3n) is 4.22. The van der Waals surface area contributed by atoms with E-state index in [1.54, 1.807) is 19.2 Å². The van der Waals surface area contributed by atoms with E-state index in [1.807, 2.05) is 31.8 Å². The van der Waals surface area contributed by atoms with E-state index < -0.39 is 0 Å². The van der Waals surface area contributed by atoms with Crippen LogP contribution >= 0.6 is 47.2 Å². The molecule has 0 fully saturated rings. The molecule has 0 saturated heterocycles. The number of aliphatic imine (C=N–C) groups is 1. The summed E-state index contributed by atoms with van der Waals surface area (Å²) in [6.07, 6.45) is 0. The number of guanidine groups is 1. The molecule has 0 bridgehead atoms. The van der Waals surface area contributed by atoms with E-state index in [-0.39, 0.29) is 35.8 Å². The lowest BCUT2D eigenvalue weighted by atomic mass is 10.1. The van der Waals surface area contributed by atoms with Crippen LogP contribution in [0.3, 0.4) is 0 Å². The number of likely N-dealkylation sites (N-methyl/N-ethyl adjacent to an activating group) is 1. The molecule has 0 radical (unpaired) electrons. The number of aromatic nitrogens is 1. The number of nitrogens with one attached hydrogen (secondary N) is 2. The Bertz CT molecular complexity index is 762. The maximum atomic E-state index is 13.2. The van der Waals surface area contributed by atoms with Crippen molar-refractivity contribution >= 4 is 53.1 Å². The van der Waals surface area contributed by atoms with Crippen molar-refractivity contribution in [1.82, 2.24) is 20.1 Å². The van der Waals surface area contributed by atoms with E-state index in [1.165, 1.54) is 12.1 Å². The van der Waals surface area contributed by atoms with Crippen LogP contribution in [0.25, 0.3) is 0 Å². The van der Waals surface area contributed by atoms with Gasteiger partial charge in [-0.3, -0.25) is 4.99 Å². The van der Waals surface area contributed by atoms with Crippen LogP contribution in [-0.4, -0.2) is 43.1 Å². The zero-order valence-electron chi connectivity index (χ0n) is 15.8. The zero-order valence-corrected chi connectivity index (χ0v) is 19.6. The summed E-state index contributed by atoms with van der Waals surface area (Å²) >= 11 is 12.1. The van der Waals surface area contributed by atoms with Crippen LogP contribution in [0.2, 0.25) is 10.2 Å². The van der Waals surface area contributed by atoms with E-state index in [9.17, 15) is 4.39 Å². The number of rotatable bonds is 6. The Labute approximate surface area is 186 Å². The lowest BCUT2D eigenvalue weighted by Gasteiger charge is -2.26. The molecule has 150 valence electrons. The molecule has 2 rings (SSSR count). The highest BCUT2D eigenvalue weighted by molar-refractivity contribution is 14.0. The van der Waals surface area contributed by atoms with Gasteiger partial charge in [0, 0.05) is 26.3 Å². The van der Waals surface area contributed by atoms with Gasteiger partial charge in [-0.1, -0.05) is 35.3 Å². The van der Waals surface area contributed by atoms with Gasteiger partial charge in [-0.2, -0.15) is 0 Å². The molecule has 0 aliphatic carbocycles. The van der Waals surface area contributed by atoms with E-state index in [0.29, 0.717) is 29.2 Å². The summed E-state index contributed by atoms with van der Waals surface area (Å²) in [6.45, 7) is 1.15. The largest absolute Gasteiger partial charge is 0.354 e. The summed E-state index contributed by atoms with van der Waals surface area (Å²) in [4.78, 5) is 6.32. The molecule has 1 aromatic heterocycles. The average Bonchev–Trinajstić information content (AvgIpc) is 2.86. The van der Waals surface area contributed by atoms with Crippen molar-refractivity contribution in [2.45, 2.75) is 12.6 Å². The Morgan fingerprint density at radius 3 is 2.33 bits per heavy atom. The smallest absolute Gasteiger partial charge is 0.191 e. The van der Waals surface area contributed by atoms with Crippen LogP contribution in [-0.2, 0) is 13.6 Å². The van der Waals surface area contributed by atoms with E-state index in [0.717, 1.165) is 11.3 Å². The quantitative estimate of drug-likeness (QED) is 0.338. The van der Waals surface area contributed by atoms with Crippen molar-refractivity contribution in [2.24, 2.45) is 12.0 Å². The molecule has 27 heavy (non-hydrogen) atoms. The highest BCUT2D eigenvalue weighted by Crippen LogP contribution is 2.25. The molecule has 0 aliphatic rings. The molecule has 2 N–H and O–H groups in total. The number of benzene rings is 1. The Balaban J connectivity index is 0.00000364. The lowest BCUT2D eigenvalue weighted by Crippen LogP contribution is -2.41. The average molecular weight is 528 g/mol. The molecule has 0 amide bonds. The van der Waals surface area contributed by atoms with Crippen molar-refractivity contribution < 1.29 is 4.39 Å². The van der Waals surface area contributed by atoms with Gasteiger partial charge >= 0.3 is 0 Å². The SMILES string of the molecule is CN=C(NCc1cc(Cl)c(Cl)n1C)NCC(c1ccc(F)cc1)N(C)C.I. The second-order valence-corrected chi connectivity index (χ2v) is 6.94. The standard InChI is InChI=1S/C18H24Cl2FN5.HI/c1-22-18(23-10-14-9-15(19)17(20)26(14)4)24-11-16(25(2)3)12-5-7-13(21)8-6-12;/h5-9,16H,10-11H2,1-4H3,(H2,22,23,24);1H. The van der Waals surface area contributed by atoms with Gasteiger partial charge in [0.25, 0.3) is 0 Å². The molecule has 1 unspecified atom stereocenters. The van der Waals surface area contributed by atoms with Gasteiger partial charge in [0.05, 0.1) is 17.6 Å². The molecule has 1 atom stereocenters. The fourth-order valence-electron chi connectivity index (χ4n) is 2.63. The third-order valence-corrected chi connectivity index (χ3v) is 5.06. The first-order valence-electron chi connectivity index (χ1n) is 8.19. The third kappa shape index (κ3) is 6.51.